The molecule has 2 rings (SSSR count). The molecule has 15 heavy (non-hydrogen) atoms. The second-order valence-electron chi connectivity index (χ2n) is 5.56. The Balaban J connectivity index is 1.55. The van der Waals surface area contributed by atoms with Crippen molar-refractivity contribution in [1.82, 2.24) is 10.2 Å². The Morgan fingerprint density at radius 1 is 1.13 bits per heavy atom. The maximum Gasteiger partial charge on any atom is 0.000661 e. The van der Waals surface area contributed by atoms with Crippen LogP contribution >= 0.6 is 0 Å². The van der Waals surface area contributed by atoms with Crippen molar-refractivity contribution in [3.63, 3.8) is 0 Å². The lowest BCUT2D eigenvalue weighted by molar-refractivity contribution is 0.191. The molecule has 1 saturated carbocycles. The van der Waals surface area contributed by atoms with Crippen LogP contribution in [0.2, 0.25) is 0 Å². The maximum absolute atomic E-state index is 3.50. The molecular formula is C13H26N2. The molecule has 2 nitrogen and oxygen atoms in total. The van der Waals surface area contributed by atoms with E-state index in [1.54, 1.807) is 0 Å². The zero-order chi connectivity index (χ0) is 10.5. The van der Waals surface area contributed by atoms with E-state index in [-0.39, 0.29) is 0 Å². The van der Waals surface area contributed by atoms with Gasteiger partial charge in [0, 0.05) is 6.54 Å². The minimum absolute atomic E-state index is 0.947. The van der Waals surface area contributed by atoms with E-state index in [1.165, 1.54) is 64.7 Å². The van der Waals surface area contributed by atoms with Gasteiger partial charge in [0.25, 0.3) is 0 Å². The van der Waals surface area contributed by atoms with Crippen LogP contribution in [0.25, 0.3) is 0 Å². The fourth-order valence-corrected chi connectivity index (χ4v) is 2.78. The monoisotopic (exact) mass is 210 g/mol. The van der Waals surface area contributed by atoms with Crippen molar-refractivity contribution in [2.75, 3.05) is 33.2 Å². The van der Waals surface area contributed by atoms with Crippen LogP contribution in [0.3, 0.4) is 0 Å². The van der Waals surface area contributed by atoms with Crippen LogP contribution in [-0.4, -0.2) is 38.1 Å². The van der Waals surface area contributed by atoms with Gasteiger partial charge in [-0.1, -0.05) is 6.42 Å². The normalized spacial score (nSPS) is 28.0. The largest absolute Gasteiger partial charge is 0.316 e. The Bertz CT molecular complexity index is 171. The summed E-state index contributed by atoms with van der Waals surface area (Å²) in [6, 6.07) is 0. The fraction of sp³-hybridized carbons (Fsp3) is 1.00. The highest BCUT2D eigenvalue weighted by Crippen LogP contribution is 2.27. The van der Waals surface area contributed by atoms with E-state index in [4.69, 9.17) is 0 Å². The summed E-state index contributed by atoms with van der Waals surface area (Å²) in [5, 5.41) is 3.50. The van der Waals surface area contributed by atoms with Crippen LogP contribution in [0.4, 0.5) is 0 Å². The second-order valence-corrected chi connectivity index (χ2v) is 5.56. The Morgan fingerprint density at radius 3 is 2.53 bits per heavy atom. The molecule has 1 heterocycles. The van der Waals surface area contributed by atoms with Crippen molar-refractivity contribution < 1.29 is 0 Å². The molecule has 1 unspecified atom stereocenters. The molecule has 0 aromatic carbocycles. The van der Waals surface area contributed by atoms with Gasteiger partial charge in [0.2, 0.25) is 0 Å². The van der Waals surface area contributed by atoms with E-state index >= 15 is 0 Å². The number of hydrogen-bond acceptors (Lipinski definition) is 2. The number of hydrogen-bond donors (Lipinski definition) is 1. The van der Waals surface area contributed by atoms with Crippen molar-refractivity contribution in [3.05, 3.63) is 0 Å². The average Bonchev–Trinajstić information content (AvgIpc) is 2.22. The van der Waals surface area contributed by atoms with Crippen LogP contribution in [0.1, 0.15) is 38.5 Å². The summed E-state index contributed by atoms with van der Waals surface area (Å²) < 4.78 is 0. The summed E-state index contributed by atoms with van der Waals surface area (Å²) in [5.41, 5.74) is 0. The molecule has 0 radical (unpaired) electrons. The van der Waals surface area contributed by atoms with Gasteiger partial charge in [-0.15, -0.1) is 0 Å². The highest BCUT2D eigenvalue weighted by Gasteiger charge is 2.19. The molecule has 0 bridgehead atoms. The quantitative estimate of drug-likeness (QED) is 0.747. The van der Waals surface area contributed by atoms with Gasteiger partial charge in [-0.05, 0) is 70.6 Å². The summed E-state index contributed by atoms with van der Waals surface area (Å²) in [7, 11) is 2.30. The van der Waals surface area contributed by atoms with Gasteiger partial charge in [-0.3, -0.25) is 0 Å². The van der Waals surface area contributed by atoms with Crippen LogP contribution in [0, 0.1) is 11.8 Å². The van der Waals surface area contributed by atoms with Gasteiger partial charge < -0.3 is 10.2 Å². The summed E-state index contributed by atoms with van der Waals surface area (Å²) in [5.74, 6) is 1.97. The molecule has 0 aromatic rings. The molecule has 0 aromatic heterocycles. The third-order valence-corrected chi connectivity index (χ3v) is 4.11. The zero-order valence-corrected chi connectivity index (χ0v) is 10.2. The minimum atomic E-state index is 0.947. The van der Waals surface area contributed by atoms with E-state index in [2.05, 4.69) is 17.3 Å². The van der Waals surface area contributed by atoms with Crippen molar-refractivity contribution in [3.8, 4) is 0 Å². The molecule has 1 N–H and O–H groups in total. The molecule has 1 atom stereocenters. The van der Waals surface area contributed by atoms with E-state index in [9.17, 15) is 0 Å². The van der Waals surface area contributed by atoms with Crippen LogP contribution in [-0.2, 0) is 0 Å². The molecule has 1 aliphatic carbocycles. The van der Waals surface area contributed by atoms with E-state index < -0.39 is 0 Å². The number of piperidine rings is 1. The molecular weight excluding hydrogens is 184 g/mol. The Hall–Kier alpha value is -0.0800. The zero-order valence-electron chi connectivity index (χ0n) is 10.2. The van der Waals surface area contributed by atoms with Gasteiger partial charge in [0.1, 0.15) is 0 Å². The summed E-state index contributed by atoms with van der Waals surface area (Å²) in [4.78, 5) is 2.55. The Morgan fingerprint density at radius 2 is 1.93 bits per heavy atom. The predicted molar refractivity (Wildman–Crippen MR) is 65.0 cm³/mol. The van der Waals surface area contributed by atoms with Gasteiger partial charge in [0.05, 0.1) is 0 Å². The standard InChI is InChI=1S/C13H26N2/c1-15(11-13-4-2-5-13)9-7-12-6-3-8-14-10-12/h12-14H,2-11H2,1H3. The SMILES string of the molecule is CN(CCC1CCCNC1)CC1CCC1. The number of nitrogens with zero attached hydrogens (tertiary/aromatic N) is 1. The minimum Gasteiger partial charge on any atom is -0.316 e. The fourth-order valence-electron chi connectivity index (χ4n) is 2.78. The molecule has 0 spiro atoms. The molecule has 2 aliphatic rings. The molecule has 2 fully saturated rings. The van der Waals surface area contributed by atoms with Gasteiger partial charge in [-0.2, -0.15) is 0 Å². The topological polar surface area (TPSA) is 15.3 Å². The maximum atomic E-state index is 3.50. The summed E-state index contributed by atoms with van der Waals surface area (Å²) in [6.07, 6.45) is 8.67. The van der Waals surface area contributed by atoms with Crippen molar-refractivity contribution >= 4 is 0 Å². The van der Waals surface area contributed by atoms with E-state index in [1.807, 2.05) is 0 Å². The number of rotatable bonds is 5. The molecule has 1 aliphatic heterocycles. The Kier molecular flexibility index (Phi) is 4.45. The third kappa shape index (κ3) is 3.76. The number of nitrogens with one attached hydrogen (secondary N) is 1. The molecule has 1 saturated heterocycles. The first-order valence-corrected chi connectivity index (χ1v) is 6.74. The van der Waals surface area contributed by atoms with Crippen LogP contribution in [0.5, 0.6) is 0 Å². The van der Waals surface area contributed by atoms with E-state index in [0.717, 1.165) is 11.8 Å². The lowest BCUT2D eigenvalue weighted by Crippen LogP contribution is -2.34. The summed E-state index contributed by atoms with van der Waals surface area (Å²) in [6.45, 7) is 5.16. The van der Waals surface area contributed by atoms with Gasteiger partial charge in [0.15, 0.2) is 0 Å². The lowest BCUT2D eigenvalue weighted by Gasteiger charge is -2.31. The first-order chi connectivity index (χ1) is 7.34. The molecule has 0 amide bonds. The highest BCUT2D eigenvalue weighted by molar-refractivity contribution is 4.74. The third-order valence-electron chi connectivity index (χ3n) is 4.11. The summed E-state index contributed by atoms with van der Waals surface area (Å²) >= 11 is 0. The lowest BCUT2D eigenvalue weighted by atomic mass is 9.85. The first-order valence-electron chi connectivity index (χ1n) is 6.74. The molecule has 2 heteroatoms. The van der Waals surface area contributed by atoms with Gasteiger partial charge >= 0.3 is 0 Å². The van der Waals surface area contributed by atoms with Crippen molar-refractivity contribution in [1.29, 1.82) is 0 Å². The van der Waals surface area contributed by atoms with E-state index in [0.29, 0.717) is 0 Å². The average molecular weight is 210 g/mol. The second kappa shape index (κ2) is 5.86. The molecule has 88 valence electrons. The van der Waals surface area contributed by atoms with Crippen LogP contribution < -0.4 is 5.32 Å². The first kappa shape index (κ1) is 11.4. The highest BCUT2D eigenvalue weighted by atomic mass is 15.1. The van der Waals surface area contributed by atoms with Crippen molar-refractivity contribution in [2.45, 2.75) is 38.5 Å². The smallest absolute Gasteiger partial charge is 0.000661 e. The predicted octanol–water partition coefficient (Wildman–Crippen LogP) is 2.11. The van der Waals surface area contributed by atoms with Crippen molar-refractivity contribution in [2.24, 2.45) is 11.8 Å². The van der Waals surface area contributed by atoms with Crippen LogP contribution in [0.15, 0.2) is 0 Å². The van der Waals surface area contributed by atoms with Gasteiger partial charge in [-0.25, -0.2) is 0 Å². The Labute approximate surface area is 94.4 Å².